The summed E-state index contributed by atoms with van der Waals surface area (Å²) in [6.45, 7) is 1.14. The molecule has 0 aliphatic carbocycles. The second-order valence-corrected chi connectivity index (χ2v) is 9.69. The number of halogens is 1. The highest BCUT2D eigenvalue weighted by Gasteiger charge is 2.31. The zero-order valence-electron chi connectivity index (χ0n) is 17.7. The molecule has 7 heteroatoms. The van der Waals surface area contributed by atoms with Crippen molar-refractivity contribution in [1.82, 2.24) is 4.31 Å². The third-order valence-electron chi connectivity index (χ3n) is 5.64. The normalized spacial score (nSPS) is 14.4. The molecule has 3 aromatic carbocycles. The zero-order chi connectivity index (χ0) is 22.6. The van der Waals surface area contributed by atoms with Crippen molar-refractivity contribution in [2.75, 3.05) is 24.5 Å². The number of hydrogen-bond donors (Lipinski definition) is 0. The molecule has 1 heterocycles. The number of amides is 1. The van der Waals surface area contributed by atoms with Crippen LogP contribution in [0.2, 0.25) is 0 Å². The summed E-state index contributed by atoms with van der Waals surface area (Å²) in [5, 5.41) is 0. The molecule has 1 saturated heterocycles. The topological polar surface area (TPSA) is 57.7 Å². The highest BCUT2D eigenvalue weighted by atomic mass is 32.2. The molecule has 3 aromatic rings. The van der Waals surface area contributed by atoms with Crippen LogP contribution in [0.4, 0.5) is 10.1 Å². The largest absolute Gasteiger partial charge is 0.308 e. The summed E-state index contributed by atoms with van der Waals surface area (Å²) in [6, 6.07) is 22.6. The van der Waals surface area contributed by atoms with E-state index in [0.717, 1.165) is 24.5 Å². The molecule has 1 amide bonds. The predicted octanol–water partition coefficient (Wildman–Crippen LogP) is 4.50. The van der Waals surface area contributed by atoms with Crippen molar-refractivity contribution in [2.45, 2.75) is 24.2 Å². The molecule has 1 aliphatic heterocycles. The van der Waals surface area contributed by atoms with Gasteiger partial charge in [-0.25, -0.2) is 12.8 Å². The Balaban J connectivity index is 1.66. The summed E-state index contributed by atoms with van der Waals surface area (Å²) in [6.07, 6.45) is 2.13. The van der Waals surface area contributed by atoms with E-state index in [4.69, 9.17) is 0 Å². The van der Waals surface area contributed by atoms with E-state index in [2.05, 4.69) is 0 Å². The molecular formula is C25H25FN2O3S. The van der Waals surface area contributed by atoms with Gasteiger partial charge in [0.2, 0.25) is 10.0 Å². The van der Waals surface area contributed by atoms with Gasteiger partial charge in [0.25, 0.3) is 5.91 Å². The Bertz CT molecular complexity index is 1180. The number of nitrogens with zero attached hydrogens (tertiary/aromatic N) is 2. The van der Waals surface area contributed by atoms with Gasteiger partial charge in [0, 0.05) is 30.9 Å². The first kappa shape index (κ1) is 22.2. The minimum atomic E-state index is -3.98. The minimum absolute atomic E-state index is 0.140. The van der Waals surface area contributed by atoms with Crippen LogP contribution in [0.3, 0.4) is 0 Å². The molecule has 0 spiro atoms. The van der Waals surface area contributed by atoms with Crippen LogP contribution in [-0.4, -0.2) is 38.3 Å². The number of carbonyl (C=O) groups excluding carboxylic acids is 1. The lowest BCUT2D eigenvalue weighted by molar-refractivity contribution is 0.0987. The molecule has 0 unspecified atom stereocenters. The fraction of sp³-hybridized carbons (Fsp3) is 0.240. The summed E-state index contributed by atoms with van der Waals surface area (Å²) < 4.78 is 41.7. The summed E-state index contributed by atoms with van der Waals surface area (Å²) in [7, 11) is -3.98. The van der Waals surface area contributed by atoms with Gasteiger partial charge in [-0.3, -0.25) is 4.79 Å². The van der Waals surface area contributed by atoms with Crippen molar-refractivity contribution in [1.29, 1.82) is 0 Å². The van der Waals surface area contributed by atoms with Gasteiger partial charge < -0.3 is 4.90 Å². The Hall–Kier alpha value is -3.03. The van der Waals surface area contributed by atoms with Crippen LogP contribution < -0.4 is 4.90 Å². The van der Waals surface area contributed by atoms with Crippen molar-refractivity contribution < 1.29 is 17.6 Å². The number of carbonyl (C=O) groups is 1. The van der Waals surface area contributed by atoms with Gasteiger partial charge >= 0.3 is 0 Å². The molecule has 1 aliphatic rings. The molecule has 0 radical (unpaired) electrons. The maximum Gasteiger partial charge on any atom is 0.258 e. The lowest BCUT2D eigenvalue weighted by atomic mass is 10.1. The Morgan fingerprint density at radius 2 is 1.53 bits per heavy atom. The molecule has 0 aromatic heterocycles. The van der Waals surface area contributed by atoms with Gasteiger partial charge in [0.15, 0.2) is 0 Å². The van der Waals surface area contributed by atoms with Crippen LogP contribution in [0.15, 0.2) is 83.8 Å². The Morgan fingerprint density at radius 3 is 2.19 bits per heavy atom. The van der Waals surface area contributed by atoms with Crippen LogP contribution >= 0.6 is 0 Å². The van der Waals surface area contributed by atoms with Crippen LogP contribution in [0.5, 0.6) is 0 Å². The van der Waals surface area contributed by atoms with Gasteiger partial charge in [-0.05, 0) is 55.2 Å². The smallest absolute Gasteiger partial charge is 0.258 e. The molecule has 0 bridgehead atoms. The van der Waals surface area contributed by atoms with E-state index < -0.39 is 20.7 Å². The first-order chi connectivity index (χ1) is 15.5. The Labute approximate surface area is 188 Å². The van der Waals surface area contributed by atoms with Gasteiger partial charge in [-0.15, -0.1) is 0 Å². The molecule has 0 atom stereocenters. The van der Waals surface area contributed by atoms with Crippen molar-refractivity contribution >= 4 is 21.6 Å². The third-order valence-corrected chi connectivity index (χ3v) is 7.55. The summed E-state index contributed by atoms with van der Waals surface area (Å²) in [5.41, 5.74) is 1.92. The van der Waals surface area contributed by atoms with Gasteiger partial charge in [-0.1, -0.05) is 48.5 Å². The summed E-state index contributed by atoms with van der Waals surface area (Å²) in [4.78, 5) is 14.6. The monoisotopic (exact) mass is 452 g/mol. The van der Waals surface area contributed by atoms with Crippen LogP contribution in [0, 0.1) is 5.82 Å². The van der Waals surface area contributed by atoms with Crippen molar-refractivity contribution in [2.24, 2.45) is 0 Å². The second kappa shape index (κ2) is 9.63. The molecular weight excluding hydrogens is 427 g/mol. The van der Waals surface area contributed by atoms with E-state index in [0.29, 0.717) is 31.7 Å². The maximum absolute atomic E-state index is 14.5. The van der Waals surface area contributed by atoms with E-state index >= 15 is 0 Å². The van der Waals surface area contributed by atoms with E-state index in [1.807, 2.05) is 60.7 Å². The SMILES string of the molecule is O=C(c1ccc(F)c(S(=O)(=O)N2CCCC2)c1)N(CCc1ccccc1)c1ccccc1. The fourth-order valence-electron chi connectivity index (χ4n) is 3.90. The standard InChI is InChI=1S/C25H25FN2O3S/c26-23-14-13-21(19-24(23)32(30,31)27-16-7-8-17-27)25(29)28(22-11-5-2-6-12-22)18-15-20-9-3-1-4-10-20/h1-6,9-14,19H,7-8,15-18H2. The number of anilines is 1. The molecule has 32 heavy (non-hydrogen) atoms. The number of para-hydroxylation sites is 1. The first-order valence-corrected chi connectivity index (χ1v) is 12.1. The van der Waals surface area contributed by atoms with Crippen molar-refractivity contribution in [3.05, 3.63) is 95.8 Å². The molecule has 4 rings (SSSR count). The molecule has 0 N–H and O–H groups in total. The molecule has 0 saturated carbocycles. The average molecular weight is 453 g/mol. The minimum Gasteiger partial charge on any atom is -0.308 e. The number of hydrogen-bond acceptors (Lipinski definition) is 3. The predicted molar refractivity (Wildman–Crippen MR) is 123 cm³/mol. The van der Waals surface area contributed by atoms with Gasteiger partial charge in [0.05, 0.1) is 0 Å². The maximum atomic E-state index is 14.5. The quantitative estimate of drug-likeness (QED) is 0.530. The third kappa shape index (κ3) is 4.74. The number of rotatable bonds is 7. The van der Waals surface area contributed by atoms with Gasteiger partial charge in [-0.2, -0.15) is 4.31 Å². The average Bonchev–Trinajstić information content (AvgIpc) is 3.37. The summed E-state index contributed by atoms with van der Waals surface area (Å²) >= 11 is 0. The lowest BCUT2D eigenvalue weighted by Crippen LogP contribution is -2.33. The van der Waals surface area contributed by atoms with E-state index in [9.17, 15) is 17.6 Å². The van der Waals surface area contributed by atoms with E-state index in [1.165, 1.54) is 16.4 Å². The molecule has 1 fully saturated rings. The highest BCUT2D eigenvalue weighted by Crippen LogP contribution is 2.26. The zero-order valence-corrected chi connectivity index (χ0v) is 18.5. The van der Waals surface area contributed by atoms with Crippen LogP contribution in [0.1, 0.15) is 28.8 Å². The summed E-state index contributed by atoms with van der Waals surface area (Å²) in [5.74, 6) is -1.21. The number of sulfonamides is 1. The Kier molecular flexibility index (Phi) is 6.67. The number of benzene rings is 3. The van der Waals surface area contributed by atoms with E-state index in [1.54, 1.807) is 4.90 Å². The van der Waals surface area contributed by atoms with Crippen molar-refractivity contribution in [3.63, 3.8) is 0 Å². The Morgan fingerprint density at radius 1 is 0.906 bits per heavy atom. The van der Waals surface area contributed by atoms with E-state index in [-0.39, 0.29) is 11.5 Å². The second-order valence-electron chi connectivity index (χ2n) is 7.78. The molecule has 5 nitrogen and oxygen atoms in total. The van der Waals surface area contributed by atoms with Crippen LogP contribution in [-0.2, 0) is 16.4 Å². The van der Waals surface area contributed by atoms with Crippen molar-refractivity contribution in [3.8, 4) is 0 Å². The highest BCUT2D eigenvalue weighted by molar-refractivity contribution is 7.89. The van der Waals surface area contributed by atoms with Crippen LogP contribution in [0.25, 0.3) is 0 Å². The van der Waals surface area contributed by atoms with Gasteiger partial charge in [0.1, 0.15) is 10.7 Å². The first-order valence-electron chi connectivity index (χ1n) is 10.7. The fourth-order valence-corrected chi connectivity index (χ4v) is 5.51. The lowest BCUT2D eigenvalue weighted by Gasteiger charge is -2.24. The molecule has 166 valence electrons.